The van der Waals surface area contributed by atoms with Crippen LogP contribution in [0.1, 0.15) is 74.7 Å². The van der Waals surface area contributed by atoms with Crippen LogP contribution in [-0.2, 0) is 19.1 Å². The molecule has 0 saturated carbocycles. The Bertz CT molecular complexity index is 712. The van der Waals surface area contributed by atoms with Crippen LogP contribution in [0.3, 0.4) is 0 Å². The number of aliphatic imine (C=N–C) groups is 1. The third kappa shape index (κ3) is 18.6. The van der Waals surface area contributed by atoms with Gasteiger partial charge in [-0.3, -0.25) is 25.2 Å². The maximum absolute atomic E-state index is 12.5. The summed E-state index contributed by atoms with van der Waals surface area (Å²) in [6.45, 7) is 14.9. The highest BCUT2D eigenvalue weighted by molar-refractivity contribution is 9.09. The average molecular weight is 565 g/mol. The minimum absolute atomic E-state index is 0.0907. The van der Waals surface area contributed by atoms with Crippen molar-refractivity contribution in [3.05, 3.63) is 0 Å². The minimum Gasteiger partial charge on any atom is -0.444 e. The lowest BCUT2D eigenvalue weighted by Gasteiger charge is -2.22. The monoisotopic (exact) mass is 563 g/mol. The number of alkyl carbamates (subject to hydrolysis) is 2. The largest absolute Gasteiger partial charge is 0.444 e. The first-order valence-electron chi connectivity index (χ1n) is 11.7. The summed E-state index contributed by atoms with van der Waals surface area (Å²) in [4.78, 5) is 52.5. The molecule has 0 spiro atoms. The van der Waals surface area contributed by atoms with Crippen LogP contribution < -0.4 is 21.3 Å². The van der Waals surface area contributed by atoms with Gasteiger partial charge in [0.2, 0.25) is 17.8 Å². The zero-order valence-corrected chi connectivity index (χ0v) is 23.8. The van der Waals surface area contributed by atoms with Crippen molar-refractivity contribution in [1.82, 2.24) is 21.3 Å². The summed E-state index contributed by atoms with van der Waals surface area (Å²) < 4.78 is 10.4. The van der Waals surface area contributed by atoms with Crippen LogP contribution in [0.25, 0.3) is 0 Å². The lowest BCUT2D eigenvalue weighted by molar-refractivity contribution is -0.128. The van der Waals surface area contributed by atoms with Gasteiger partial charge in [-0.05, 0) is 66.7 Å². The Morgan fingerprint density at radius 2 is 1.40 bits per heavy atom. The van der Waals surface area contributed by atoms with Gasteiger partial charge in [0, 0.05) is 13.1 Å². The summed E-state index contributed by atoms with van der Waals surface area (Å²) in [6.07, 6.45) is 0.174. The Kier molecular flexibility index (Phi) is 14.5. The number of carbonyl (C=O) groups is 4. The Hall–Kier alpha value is -2.37. The van der Waals surface area contributed by atoms with Gasteiger partial charge in [0.15, 0.2) is 0 Å². The quantitative estimate of drug-likeness (QED) is 0.139. The van der Waals surface area contributed by atoms with E-state index in [0.29, 0.717) is 25.8 Å². The summed E-state index contributed by atoms with van der Waals surface area (Å²) in [5, 5.41) is 10.5. The molecule has 0 unspecified atom stereocenters. The van der Waals surface area contributed by atoms with Crippen molar-refractivity contribution in [2.75, 3.05) is 18.4 Å². The highest BCUT2D eigenvalue weighted by Gasteiger charge is 2.22. The molecule has 0 saturated heterocycles. The lowest BCUT2D eigenvalue weighted by Crippen LogP contribution is -2.48. The van der Waals surface area contributed by atoms with Crippen molar-refractivity contribution in [2.45, 2.75) is 91.9 Å². The number of hydrogen-bond acceptors (Lipinski definition) is 7. The molecule has 0 aliphatic rings. The molecule has 1 atom stereocenters. The minimum atomic E-state index is -0.763. The van der Waals surface area contributed by atoms with E-state index in [1.807, 2.05) is 13.8 Å². The second-order valence-corrected chi connectivity index (χ2v) is 10.9. The predicted octanol–water partition coefficient (Wildman–Crippen LogP) is 3.21. The number of amides is 4. The number of carbonyl (C=O) groups excluding carboxylic acids is 4. The first kappa shape index (κ1) is 32.6. The summed E-state index contributed by atoms with van der Waals surface area (Å²) in [6, 6.07) is -0.597. The normalized spacial score (nSPS) is 12.3. The van der Waals surface area contributed by atoms with Crippen LogP contribution in [0.4, 0.5) is 9.59 Å². The maximum Gasteiger partial charge on any atom is 0.414 e. The van der Waals surface area contributed by atoms with Crippen LogP contribution in [0.15, 0.2) is 4.99 Å². The van der Waals surface area contributed by atoms with Gasteiger partial charge in [-0.25, -0.2) is 9.59 Å². The zero-order valence-electron chi connectivity index (χ0n) is 22.2. The van der Waals surface area contributed by atoms with E-state index in [-0.39, 0.29) is 35.6 Å². The molecular formula is C23H42BrN5O6. The van der Waals surface area contributed by atoms with Crippen molar-refractivity contribution < 1.29 is 28.7 Å². The molecule has 4 N–H and O–H groups in total. The van der Waals surface area contributed by atoms with Crippen molar-refractivity contribution in [2.24, 2.45) is 10.9 Å². The van der Waals surface area contributed by atoms with Gasteiger partial charge in [-0.15, -0.1) is 0 Å². The number of nitrogens with zero attached hydrogens (tertiary/aromatic N) is 1. The van der Waals surface area contributed by atoms with E-state index in [0.717, 1.165) is 0 Å². The Morgan fingerprint density at radius 3 is 1.83 bits per heavy atom. The molecule has 0 bridgehead atoms. The summed E-state index contributed by atoms with van der Waals surface area (Å²) in [5.41, 5.74) is -1.44. The zero-order chi connectivity index (χ0) is 27.2. The number of guanidine groups is 1. The molecule has 0 aromatic rings. The standard InChI is InChI=1S/C23H42BrN5O6/c1-15(2)13-16(27-17(30)14-24)18(31)25-11-9-10-12-26-19(28-20(32)34-22(3,4)5)29-21(33)35-23(6,7)8/h15-16H,9-14H2,1-8H3,(H,25,31)(H,27,30)(H2,26,28,29,32,33)/t16-/m0/s1. The molecule has 0 heterocycles. The third-order valence-electron chi connectivity index (χ3n) is 3.87. The van der Waals surface area contributed by atoms with Crippen molar-refractivity contribution in [1.29, 1.82) is 0 Å². The fourth-order valence-corrected chi connectivity index (χ4v) is 2.77. The average Bonchev–Trinajstić information content (AvgIpc) is 2.66. The number of nitrogens with one attached hydrogen (secondary N) is 4. The van der Waals surface area contributed by atoms with Crippen LogP contribution in [0.5, 0.6) is 0 Å². The fourth-order valence-electron chi connectivity index (χ4n) is 2.61. The second-order valence-electron chi connectivity index (χ2n) is 10.4. The molecule has 4 amide bonds. The SMILES string of the molecule is CC(C)C[C@H](NC(=O)CBr)C(=O)NCCCCN=C(NC(=O)OC(C)(C)C)NC(=O)OC(C)(C)C. The van der Waals surface area contributed by atoms with Gasteiger partial charge >= 0.3 is 12.2 Å². The van der Waals surface area contributed by atoms with Crippen LogP contribution in [0, 0.1) is 5.92 Å². The van der Waals surface area contributed by atoms with E-state index in [1.54, 1.807) is 41.5 Å². The van der Waals surface area contributed by atoms with Crippen LogP contribution in [0.2, 0.25) is 0 Å². The molecule has 11 nitrogen and oxygen atoms in total. The number of ether oxygens (including phenoxy) is 2. The Labute approximate surface area is 217 Å². The summed E-state index contributed by atoms with van der Waals surface area (Å²) in [5.74, 6) is -0.339. The Morgan fingerprint density at radius 1 is 0.886 bits per heavy atom. The van der Waals surface area contributed by atoms with Gasteiger partial charge in [0.25, 0.3) is 0 Å². The van der Waals surface area contributed by atoms with E-state index < -0.39 is 29.4 Å². The molecule has 12 heteroatoms. The van der Waals surface area contributed by atoms with Gasteiger partial charge in [-0.2, -0.15) is 0 Å². The highest BCUT2D eigenvalue weighted by atomic mass is 79.9. The third-order valence-corrected chi connectivity index (χ3v) is 4.38. The van der Waals surface area contributed by atoms with E-state index in [4.69, 9.17) is 9.47 Å². The molecule has 0 aliphatic heterocycles. The predicted molar refractivity (Wildman–Crippen MR) is 138 cm³/mol. The van der Waals surface area contributed by atoms with E-state index in [1.165, 1.54) is 0 Å². The van der Waals surface area contributed by atoms with Crippen LogP contribution in [-0.4, -0.2) is 65.6 Å². The van der Waals surface area contributed by atoms with Crippen LogP contribution >= 0.6 is 15.9 Å². The van der Waals surface area contributed by atoms with Gasteiger partial charge in [0.05, 0.1) is 5.33 Å². The summed E-state index contributed by atoms with van der Waals surface area (Å²) in [7, 11) is 0. The lowest BCUT2D eigenvalue weighted by atomic mass is 10.0. The number of hydrogen-bond donors (Lipinski definition) is 4. The van der Waals surface area contributed by atoms with Gasteiger partial charge in [0.1, 0.15) is 17.2 Å². The number of rotatable bonds is 10. The molecule has 202 valence electrons. The second kappa shape index (κ2) is 15.6. The smallest absolute Gasteiger partial charge is 0.414 e. The van der Waals surface area contributed by atoms with Crippen molar-refractivity contribution in [3.8, 4) is 0 Å². The number of alkyl halides is 1. The number of unbranched alkanes of at least 4 members (excludes halogenated alkanes) is 1. The topological polar surface area (TPSA) is 147 Å². The molecular weight excluding hydrogens is 522 g/mol. The molecule has 0 rings (SSSR count). The number of halogens is 1. The molecule has 0 aromatic carbocycles. The first-order valence-corrected chi connectivity index (χ1v) is 12.8. The van der Waals surface area contributed by atoms with E-state index >= 15 is 0 Å². The highest BCUT2D eigenvalue weighted by Crippen LogP contribution is 2.08. The fraction of sp³-hybridized carbons (Fsp3) is 0.783. The van der Waals surface area contributed by atoms with Crippen molar-refractivity contribution in [3.63, 3.8) is 0 Å². The maximum atomic E-state index is 12.5. The Balaban J connectivity index is 4.84. The van der Waals surface area contributed by atoms with E-state index in [9.17, 15) is 19.2 Å². The molecule has 0 fully saturated rings. The molecule has 0 aliphatic carbocycles. The molecule has 35 heavy (non-hydrogen) atoms. The first-order chi connectivity index (χ1) is 16.0. The molecule has 0 aromatic heterocycles. The molecule has 0 radical (unpaired) electrons. The van der Waals surface area contributed by atoms with E-state index in [2.05, 4.69) is 42.2 Å². The summed E-state index contributed by atoms with van der Waals surface area (Å²) >= 11 is 3.08. The van der Waals surface area contributed by atoms with Gasteiger partial charge in [-0.1, -0.05) is 29.8 Å². The van der Waals surface area contributed by atoms with Gasteiger partial charge < -0.3 is 20.1 Å². The van der Waals surface area contributed by atoms with Crippen molar-refractivity contribution >= 4 is 45.9 Å².